The monoisotopic (exact) mass is 282 g/mol. The molecule has 16 heavy (non-hydrogen) atoms. The molecule has 1 saturated heterocycles. The van der Waals surface area contributed by atoms with E-state index in [2.05, 4.69) is 26.6 Å². The lowest BCUT2D eigenvalue weighted by atomic mass is 10.2. The molecule has 1 aromatic rings. The van der Waals surface area contributed by atoms with Gasteiger partial charge in [0.1, 0.15) is 6.04 Å². The molecule has 0 spiro atoms. The quantitative estimate of drug-likeness (QED) is 0.810. The number of nitrogens with one attached hydrogen (secondary N) is 2. The molecular weight excluding hydrogens is 272 g/mol. The Hall–Kier alpha value is -1.36. The molecule has 1 heterocycles. The summed E-state index contributed by atoms with van der Waals surface area (Å²) in [5.74, 6) is -0.497. The van der Waals surface area contributed by atoms with Gasteiger partial charge >= 0.3 is 0 Å². The van der Waals surface area contributed by atoms with Gasteiger partial charge in [-0.05, 0) is 40.5 Å². The minimum atomic E-state index is -0.466. The average molecular weight is 283 g/mol. The van der Waals surface area contributed by atoms with Crippen molar-refractivity contribution in [2.24, 2.45) is 0 Å². The van der Waals surface area contributed by atoms with E-state index in [4.69, 9.17) is 0 Å². The van der Waals surface area contributed by atoms with Crippen LogP contribution in [0.3, 0.4) is 0 Å². The molecule has 0 saturated carbocycles. The number of carbonyl (C=O) groups is 2. The molecule has 2 N–H and O–H groups in total. The molecule has 1 aliphatic heterocycles. The lowest BCUT2D eigenvalue weighted by molar-refractivity contribution is -0.124. The Kier molecular flexibility index (Phi) is 2.96. The zero-order valence-electron chi connectivity index (χ0n) is 8.71. The summed E-state index contributed by atoms with van der Waals surface area (Å²) in [6, 6.07) is 5.32. The van der Waals surface area contributed by atoms with E-state index in [-0.39, 0.29) is 18.2 Å². The molecule has 2 rings (SSSR count). The van der Waals surface area contributed by atoms with Crippen LogP contribution in [0.1, 0.15) is 12.0 Å². The second kappa shape index (κ2) is 4.25. The Labute approximate surface area is 102 Å². The van der Waals surface area contributed by atoms with Gasteiger partial charge in [0.05, 0.1) is 6.42 Å². The first kappa shape index (κ1) is 11.1. The van der Waals surface area contributed by atoms with E-state index < -0.39 is 6.04 Å². The molecule has 2 amide bonds. The number of hydrogen-bond donors (Lipinski definition) is 2. The number of halogens is 1. The lowest BCUT2D eigenvalue weighted by Gasteiger charge is -2.12. The molecular formula is C11H11BrN2O2. The zero-order chi connectivity index (χ0) is 11.7. The SMILES string of the molecule is Cc1ccc(NC2CC(=O)NC2=O)c(Br)c1. The van der Waals surface area contributed by atoms with E-state index >= 15 is 0 Å². The van der Waals surface area contributed by atoms with Gasteiger partial charge in [-0.1, -0.05) is 6.07 Å². The summed E-state index contributed by atoms with van der Waals surface area (Å²) >= 11 is 3.41. The van der Waals surface area contributed by atoms with Crippen LogP contribution in [-0.4, -0.2) is 17.9 Å². The molecule has 1 aliphatic rings. The van der Waals surface area contributed by atoms with Gasteiger partial charge in [0.25, 0.3) is 0 Å². The van der Waals surface area contributed by atoms with Crippen LogP contribution < -0.4 is 10.6 Å². The summed E-state index contributed by atoms with van der Waals surface area (Å²) in [5, 5.41) is 5.30. The maximum Gasteiger partial charge on any atom is 0.249 e. The third-order valence-corrected chi connectivity index (χ3v) is 3.08. The largest absolute Gasteiger partial charge is 0.372 e. The van der Waals surface area contributed by atoms with Crippen LogP contribution in [0.25, 0.3) is 0 Å². The molecule has 1 atom stereocenters. The van der Waals surface area contributed by atoms with Gasteiger partial charge in [-0.15, -0.1) is 0 Å². The number of imide groups is 1. The highest BCUT2D eigenvalue weighted by Crippen LogP contribution is 2.25. The highest BCUT2D eigenvalue weighted by molar-refractivity contribution is 9.10. The van der Waals surface area contributed by atoms with Crippen LogP contribution in [0.4, 0.5) is 5.69 Å². The van der Waals surface area contributed by atoms with Crippen LogP contribution >= 0.6 is 15.9 Å². The fourth-order valence-corrected chi connectivity index (χ4v) is 2.20. The molecule has 5 heteroatoms. The maximum atomic E-state index is 11.4. The first-order valence-electron chi connectivity index (χ1n) is 4.92. The Morgan fingerprint density at radius 3 is 2.75 bits per heavy atom. The minimum absolute atomic E-state index is 0.194. The van der Waals surface area contributed by atoms with E-state index in [1.165, 1.54) is 0 Å². The van der Waals surface area contributed by atoms with E-state index in [0.717, 1.165) is 15.7 Å². The normalized spacial score (nSPS) is 19.8. The second-order valence-corrected chi connectivity index (χ2v) is 4.65. The van der Waals surface area contributed by atoms with Gasteiger partial charge < -0.3 is 5.32 Å². The number of benzene rings is 1. The van der Waals surface area contributed by atoms with Crippen LogP contribution in [0.2, 0.25) is 0 Å². The van der Waals surface area contributed by atoms with Crippen molar-refractivity contribution < 1.29 is 9.59 Å². The van der Waals surface area contributed by atoms with Crippen molar-refractivity contribution >= 4 is 33.4 Å². The Morgan fingerprint density at radius 2 is 2.19 bits per heavy atom. The molecule has 0 radical (unpaired) electrons. The number of hydrogen-bond acceptors (Lipinski definition) is 3. The number of rotatable bonds is 2. The van der Waals surface area contributed by atoms with Crippen molar-refractivity contribution in [3.05, 3.63) is 28.2 Å². The smallest absolute Gasteiger partial charge is 0.249 e. The van der Waals surface area contributed by atoms with Crippen molar-refractivity contribution in [1.82, 2.24) is 5.32 Å². The van der Waals surface area contributed by atoms with Gasteiger partial charge in [-0.2, -0.15) is 0 Å². The Balaban J connectivity index is 2.15. The highest BCUT2D eigenvalue weighted by atomic mass is 79.9. The van der Waals surface area contributed by atoms with E-state index in [1.54, 1.807) is 0 Å². The van der Waals surface area contributed by atoms with Crippen molar-refractivity contribution in [1.29, 1.82) is 0 Å². The summed E-state index contributed by atoms with van der Waals surface area (Å²) in [5.41, 5.74) is 1.95. The van der Waals surface area contributed by atoms with Crippen LogP contribution in [-0.2, 0) is 9.59 Å². The molecule has 0 aromatic heterocycles. The van der Waals surface area contributed by atoms with E-state index in [9.17, 15) is 9.59 Å². The second-order valence-electron chi connectivity index (χ2n) is 3.80. The molecule has 0 aliphatic carbocycles. The number of carbonyl (C=O) groups excluding carboxylic acids is 2. The van der Waals surface area contributed by atoms with Gasteiger partial charge in [-0.3, -0.25) is 14.9 Å². The fourth-order valence-electron chi connectivity index (χ4n) is 1.60. The maximum absolute atomic E-state index is 11.4. The van der Waals surface area contributed by atoms with Gasteiger partial charge in [-0.25, -0.2) is 0 Å². The van der Waals surface area contributed by atoms with Crippen molar-refractivity contribution in [2.45, 2.75) is 19.4 Å². The van der Waals surface area contributed by atoms with Crippen molar-refractivity contribution in [2.75, 3.05) is 5.32 Å². The van der Waals surface area contributed by atoms with Gasteiger partial charge in [0, 0.05) is 10.2 Å². The number of aryl methyl sites for hydroxylation is 1. The Bertz CT molecular complexity index is 459. The fraction of sp³-hybridized carbons (Fsp3) is 0.273. The molecule has 1 aromatic carbocycles. The summed E-state index contributed by atoms with van der Waals surface area (Å²) in [6.45, 7) is 1.99. The minimum Gasteiger partial charge on any atom is -0.372 e. The van der Waals surface area contributed by atoms with E-state index in [1.807, 2.05) is 25.1 Å². The lowest BCUT2D eigenvalue weighted by Crippen LogP contribution is -2.30. The summed E-state index contributed by atoms with van der Waals surface area (Å²) in [6.07, 6.45) is 0.194. The number of amides is 2. The summed E-state index contributed by atoms with van der Waals surface area (Å²) < 4.78 is 0.889. The van der Waals surface area contributed by atoms with E-state index in [0.29, 0.717) is 0 Å². The molecule has 4 nitrogen and oxygen atoms in total. The third-order valence-electron chi connectivity index (χ3n) is 2.42. The molecule has 84 valence electrons. The predicted octanol–water partition coefficient (Wildman–Crippen LogP) is 1.58. The van der Waals surface area contributed by atoms with Crippen LogP contribution in [0.5, 0.6) is 0 Å². The molecule has 0 bridgehead atoms. The summed E-state index contributed by atoms with van der Waals surface area (Å²) in [7, 11) is 0. The summed E-state index contributed by atoms with van der Waals surface area (Å²) in [4.78, 5) is 22.4. The first-order valence-corrected chi connectivity index (χ1v) is 5.72. The van der Waals surface area contributed by atoms with Crippen LogP contribution in [0.15, 0.2) is 22.7 Å². The third kappa shape index (κ3) is 2.24. The highest BCUT2D eigenvalue weighted by Gasteiger charge is 2.30. The standard InChI is InChI=1S/C11H11BrN2O2/c1-6-2-3-8(7(12)4-6)13-9-5-10(15)14-11(9)16/h2-4,9,13H,5H2,1H3,(H,14,15,16). The average Bonchev–Trinajstić information content (AvgIpc) is 2.50. The molecule has 1 unspecified atom stereocenters. The molecule has 1 fully saturated rings. The first-order chi connectivity index (χ1) is 7.56. The van der Waals surface area contributed by atoms with Gasteiger partial charge in [0.15, 0.2) is 0 Å². The zero-order valence-corrected chi connectivity index (χ0v) is 10.3. The number of anilines is 1. The Morgan fingerprint density at radius 1 is 1.44 bits per heavy atom. The van der Waals surface area contributed by atoms with Crippen LogP contribution in [0, 0.1) is 6.92 Å². The van der Waals surface area contributed by atoms with Crippen molar-refractivity contribution in [3.63, 3.8) is 0 Å². The van der Waals surface area contributed by atoms with Gasteiger partial charge in [0.2, 0.25) is 11.8 Å². The predicted molar refractivity (Wildman–Crippen MR) is 64.1 cm³/mol. The van der Waals surface area contributed by atoms with Crippen molar-refractivity contribution in [3.8, 4) is 0 Å². The topological polar surface area (TPSA) is 58.2 Å².